The third kappa shape index (κ3) is 5.84. The van der Waals surface area contributed by atoms with Crippen molar-refractivity contribution < 1.29 is 18.7 Å². The van der Waals surface area contributed by atoms with Gasteiger partial charge in [-0.25, -0.2) is 0 Å². The SMILES string of the molecule is CC[C@H](C)N(CC(=O)N1CCCN(c2ccc(-c3ccc(OC)cc3)nn2)CC1)C(=O)c1ccco1. The van der Waals surface area contributed by atoms with Crippen LogP contribution in [0.25, 0.3) is 11.3 Å². The number of nitrogens with zero attached hydrogens (tertiary/aromatic N) is 5. The van der Waals surface area contributed by atoms with Crippen LogP contribution in [-0.4, -0.2) is 77.7 Å². The zero-order valence-electron chi connectivity index (χ0n) is 21.1. The van der Waals surface area contributed by atoms with E-state index in [1.807, 2.05) is 55.1 Å². The van der Waals surface area contributed by atoms with Crippen LogP contribution in [0.3, 0.4) is 0 Å². The van der Waals surface area contributed by atoms with Crippen LogP contribution in [0.4, 0.5) is 5.82 Å². The van der Waals surface area contributed by atoms with Gasteiger partial charge in [0.15, 0.2) is 11.6 Å². The standard InChI is InChI=1S/C27H33N5O4/c1-4-20(2)32(27(34)24-7-5-18-36-24)19-26(33)31-15-6-14-30(16-17-31)25-13-12-23(28-29-25)21-8-10-22(35-3)11-9-21/h5,7-13,18,20H,4,6,14-17,19H2,1-3H3/t20-/m0/s1. The summed E-state index contributed by atoms with van der Waals surface area (Å²) in [7, 11) is 1.64. The Morgan fingerprint density at radius 1 is 1.06 bits per heavy atom. The number of anilines is 1. The highest BCUT2D eigenvalue weighted by molar-refractivity contribution is 5.94. The van der Waals surface area contributed by atoms with Gasteiger partial charge in [0.2, 0.25) is 5.91 Å². The molecule has 1 fully saturated rings. The second-order valence-corrected chi connectivity index (χ2v) is 8.89. The zero-order valence-corrected chi connectivity index (χ0v) is 21.1. The van der Waals surface area contributed by atoms with E-state index in [0.717, 1.165) is 42.2 Å². The quantitative estimate of drug-likeness (QED) is 0.474. The molecule has 0 bridgehead atoms. The molecule has 0 N–H and O–H groups in total. The summed E-state index contributed by atoms with van der Waals surface area (Å²) in [6.07, 6.45) is 3.03. The van der Waals surface area contributed by atoms with E-state index in [1.54, 1.807) is 24.1 Å². The van der Waals surface area contributed by atoms with Crippen molar-refractivity contribution in [3.63, 3.8) is 0 Å². The summed E-state index contributed by atoms with van der Waals surface area (Å²) in [5.41, 5.74) is 1.76. The minimum atomic E-state index is -0.258. The Labute approximate surface area is 211 Å². The Morgan fingerprint density at radius 2 is 1.86 bits per heavy atom. The molecule has 0 saturated carbocycles. The van der Waals surface area contributed by atoms with Crippen molar-refractivity contribution in [2.24, 2.45) is 0 Å². The minimum absolute atomic E-state index is 0.0326. The van der Waals surface area contributed by atoms with Crippen LogP contribution in [-0.2, 0) is 4.79 Å². The van der Waals surface area contributed by atoms with E-state index in [0.29, 0.717) is 19.6 Å². The van der Waals surface area contributed by atoms with Gasteiger partial charge in [0.1, 0.15) is 12.3 Å². The monoisotopic (exact) mass is 491 g/mol. The molecule has 9 heteroatoms. The maximum absolute atomic E-state index is 13.2. The van der Waals surface area contributed by atoms with E-state index in [-0.39, 0.29) is 30.2 Å². The van der Waals surface area contributed by atoms with E-state index in [4.69, 9.17) is 9.15 Å². The van der Waals surface area contributed by atoms with E-state index in [1.165, 1.54) is 6.26 Å². The van der Waals surface area contributed by atoms with Crippen LogP contribution in [0.15, 0.2) is 59.2 Å². The summed E-state index contributed by atoms with van der Waals surface area (Å²) < 4.78 is 10.5. The summed E-state index contributed by atoms with van der Waals surface area (Å²) in [6.45, 7) is 6.61. The summed E-state index contributed by atoms with van der Waals surface area (Å²) in [4.78, 5) is 31.7. The van der Waals surface area contributed by atoms with Gasteiger partial charge in [-0.2, -0.15) is 0 Å². The lowest BCUT2D eigenvalue weighted by Crippen LogP contribution is -2.47. The predicted molar refractivity (Wildman–Crippen MR) is 137 cm³/mol. The summed E-state index contributed by atoms with van der Waals surface area (Å²) in [6, 6.07) is 14.9. The van der Waals surface area contributed by atoms with Crippen molar-refractivity contribution in [3.05, 3.63) is 60.6 Å². The number of ether oxygens (including phenoxy) is 1. The van der Waals surface area contributed by atoms with Crippen molar-refractivity contribution in [2.45, 2.75) is 32.7 Å². The van der Waals surface area contributed by atoms with Gasteiger partial charge < -0.3 is 23.9 Å². The van der Waals surface area contributed by atoms with E-state index >= 15 is 0 Å². The Kier molecular flexibility index (Phi) is 8.20. The molecule has 0 spiro atoms. The summed E-state index contributed by atoms with van der Waals surface area (Å²) in [5.74, 6) is 1.52. The minimum Gasteiger partial charge on any atom is -0.497 e. The van der Waals surface area contributed by atoms with Gasteiger partial charge in [-0.05, 0) is 68.3 Å². The van der Waals surface area contributed by atoms with Crippen molar-refractivity contribution in [1.29, 1.82) is 0 Å². The third-order valence-electron chi connectivity index (χ3n) is 6.63. The van der Waals surface area contributed by atoms with Crippen molar-refractivity contribution in [2.75, 3.05) is 44.7 Å². The van der Waals surface area contributed by atoms with Crippen LogP contribution in [0.1, 0.15) is 37.2 Å². The second kappa shape index (κ2) is 11.7. The largest absolute Gasteiger partial charge is 0.497 e. The summed E-state index contributed by atoms with van der Waals surface area (Å²) in [5, 5.41) is 8.86. The van der Waals surface area contributed by atoms with E-state index in [2.05, 4.69) is 15.1 Å². The van der Waals surface area contributed by atoms with Crippen LogP contribution in [0.2, 0.25) is 0 Å². The summed E-state index contributed by atoms with van der Waals surface area (Å²) >= 11 is 0. The molecule has 190 valence electrons. The molecular formula is C27H33N5O4. The third-order valence-corrected chi connectivity index (χ3v) is 6.63. The molecule has 1 aliphatic rings. The van der Waals surface area contributed by atoms with Crippen LogP contribution in [0.5, 0.6) is 5.75 Å². The van der Waals surface area contributed by atoms with Gasteiger partial charge in [-0.3, -0.25) is 9.59 Å². The fraction of sp³-hybridized carbons (Fsp3) is 0.407. The number of methoxy groups -OCH3 is 1. The lowest BCUT2D eigenvalue weighted by atomic mass is 10.1. The fourth-order valence-corrected chi connectivity index (χ4v) is 4.24. The topological polar surface area (TPSA) is 92.0 Å². The number of hydrogen-bond acceptors (Lipinski definition) is 7. The van der Waals surface area contributed by atoms with Gasteiger partial charge in [-0.1, -0.05) is 6.92 Å². The molecule has 9 nitrogen and oxygen atoms in total. The molecule has 2 amide bonds. The smallest absolute Gasteiger partial charge is 0.290 e. The predicted octanol–water partition coefficient (Wildman–Crippen LogP) is 3.72. The number of carbonyl (C=O) groups excluding carboxylic acids is 2. The van der Waals surface area contributed by atoms with Crippen molar-refractivity contribution in [1.82, 2.24) is 20.0 Å². The molecule has 1 atom stereocenters. The molecule has 1 aromatic carbocycles. The molecule has 0 radical (unpaired) electrons. The van der Waals surface area contributed by atoms with Crippen molar-refractivity contribution >= 4 is 17.6 Å². The Hall–Kier alpha value is -3.88. The van der Waals surface area contributed by atoms with Gasteiger partial charge >= 0.3 is 0 Å². The molecule has 0 unspecified atom stereocenters. The van der Waals surface area contributed by atoms with Crippen LogP contribution >= 0.6 is 0 Å². The van der Waals surface area contributed by atoms with Crippen LogP contribution in [0, 0.1) is 0 Å². The molecule has 4 rings (SSSR count). The number of aromatic nitrogens is 2. The molecule has 0 aliphatic carbocycles. The molecule has 3 aromatic rings. The Balaban J connectivity index is 1.37. The zero-order chi connectivity index (χ0) is 25.5. The van der Waals surface area contributed by atoms with Gasteiger partial charge in [0, 0.05) is 37.8 Å². The molecule has 1 aliphatic heterocycles. The lowest BCUT2D eigenvalue weighted by molar-refractivity contribution is -0.132. The molecular weight excluding hydrogens is 458 g/mol. The normalized spacial score (nSPS) is 14.8. The Bertz CT molecular complexity index is 1130. The highest BCUT2D eigenvalue weighted by Crippen LogP contribution is 2.22. The van der Waals surface area contributed by atoms with E-state index < -0.39 is 0 Å². The number of rotatable bonds is 8. The number of benzene rings is 1. The highest BCUT2D eigenvalue weighted by atomic mass is 16.5. The maximum atomic E-state index is 13.2. The fourth-order valence-electron chi connectivity index (χ4n) is 4.24. The first kappa shape index (κ1) is 25.2. The molecule has 2 aromatic heterocycles. The van der Waals surface area contributed by atoms with Gasteiger partial charge in [-0.15, -0.1) is 10.2 Å². The first-order valence-electron chi connectivity index (χ1n) is 12.4. The number of carbonyl (C=O) groups is 2. The van der Waals surface area contributed by atoms with Gasteiger partial charge in [0.05, 0.1) is 19.1 Å². The number of amides is 2. The number of furan rings is 1. The van der Waals surface area contributed by atoms with Crippen LogP contribution < -0.4 is 9.64 Å². The average Bonchev–Trinajstić information content (AvgIpc) is 3.35. The van der Waals surface area contributed by atoms with E-state index in [9.17, 15) is 9.59 Å². The highest BCUT2D eigenvalue weighted by Gasteiger charge is 2.28. The first-order valence-corrected chi connectivity index (χ1v) is 12.4. The van der Waals surface area contributed by atoms with Gasteiger partial charge in [0.25, 0.3) is 5.91 Å². The van der Waals surface area contributed by atoms with Crippen molar-refractivity contribution in [3.8, 4) is 17.0 Å². The maximum Gasteiger partial charge on any atom is 0.290 e. The average molecular weight is 492 g/mol. The molecule has 36 heavy (non-hydrogen) atoms. The number of hydrogen-bond donors (Lipinski definition) is 0. The molecule has 3 heterocycles. The second-order valence-electron chi connectivity index (χ2n) is 8.89. The molecule has 1 saturated heterocycles. The lowest BCUT2D eigenvalue weighted by Gasteiger charge is -2.30. The Morgan fingerprint density at radius 3 is 2.50 bits per heavy atom. The first-order chi connectivity index (χ1) is 17.5.